The van der Waals surface area contributed by atoms with Crippen LogP contribution in [-0.4, -0.2) is 56.6 Å². The molecule has 0 aromatic rings. The largest absolute Gasteiger partial charge is 0.303 e. The molecule has 0 aromatic carbocycles. The molecule has 2 aliphatic rings. The van der Waals surface area contributed by atoms with Crippen LogP contribution in [-0.2, 0) is 10.0 Å². The fourth-order valence-electron chi connectivity index (χ4n) is 2.81. The molecular formula is C10H20N2O2S. The maximum atomic E-state index is 11.4. The summed E-state index contributed by atoms with van der Waals surface area (Å²) in [6, 6.07) is 0. The van der Waals surface area contributed by atoms with Gasteiger partial charge >= 0.3 is 0 Å². The Morgan fingerprint density at radius 3 is 2.33 bits per heavy atom. The number of hydrogen-bond acceptors (Lipinski definition) is 3. The summed E-state index contributed by atoms with van der Waals surface area (Å²) in [7, 11) is -2.98. The molecular weight excluding hydrogens is 212 g/mol. The summed E-state index contributed by atoms with van der Waals surface area (Å²) >= 11 is 0. The Morgan fingerprint density at radius 2 is 1.87 bits per heavy atom. The summed E-state index contributed by atoms with van der Waals surface area (Å²) in [5.41, 5.74) is 0.263. The van der Waals surface area contributed by atoms with Gasteiger partial charge in [-0.1, -0.05) is 6.92 Å². The van der Waals surface area contributed by atoms with Gasteiger partial charge in [0.25, 0.3) is 0 Å². The average molecular weight is 232 g/mol. The van der Waals surface area contributed by atoms with E-state index in [1.54, 1.807) is 4.31 Å². The molecule has 2 saturated heterocycles. The van der Waals surface area contributed by atoms with Crippen molar-refractivity contribution in [1.29, 1.82) is 0 Å². The zero-order valence-corrected chi connectivity index (χ0v) is 10.4. The van der Waals surface area contributed by atoms with E-state index in [2.05, 4.69) is 11.8 Å². The highest BCUT2D eigenvalue weighted by molar-refractivity contribution is 7.88. The molecule has 0 aromatic heterocycles. The Hall–Kier alpha value is -0.130. The molecule has 1 spiro atoms. The van der Waals surface area contributed by atoms with Crippen LogP contribution in [0.2, 0.25) is 0 Å². The molecule has 2 heterocycles. The van der Waals surface area contributed by atoms with Gasteiger partial charge in [-0.2, -0.15) is 0 Å². The Balaban J connectivity index is 2.04. The maximum Gasteiger partial charge on any atom is 0.211 e. The molecule has 4 nitrogen and oxygen atoms in total. The molecule has 0 saturated carbocycles. The Labute approximate surface area is 92.3 Å². The van der Waals surface area contributed by atoms with Gasteiger partial charge in [-0.25, -0.2) is 12.7 Å². The second-order valence-electron chi connectivity index (χ2n) is 4.97. The molecule has 0 radical (unpaired) electrons. The predicted octanol–water partition coefficient (Wildman–Crippen LogP) is 0.364. The lowest BCUT2D eigenvalue weighted by Crippen LogP contribution is -2.33. The topological polar surface area (TPSA) is 40.6 Å². The van der Waals surface area contributed by atoms with E-state index in [9.17, 15) is 8.42 Å². The van der Waals surface area contributed by atoms with Crippen molar-refractivity contribution in [2.75, 3.05) is 39.0 Å². The fourth-order valence-corrected chi connectivity index (χ4v) is 3.74. The SMILES string of the molecule is CCN1CCC2(CCN(S(C)(=O)=O)C2)C1. The highest BCUT2D eigenvalue weighted by Gasteiger charge is 2.45. The molecule has 5 heteroatoms. The predicted molar refractivity (Wildman–Crippen MR) is 60.2 cm³/mol. The first-order chi connectivity index (χ1) is 6.95. The third-order valence-electron chi connectivity index (χ3n) is 3.84. The molecule has 2 fully saturated rings. The summed E-state index contributed by atoms with van der Waals surface area (Å²) in [6.45, 7) is 6.92. The first-order valence-electron chi connectivity index (χ1n) is 5.63. The average Bonchev–Trinajstić information content (AvgIpc) is 2.73. The van der Waals surface area contributed by atoms with Crippen LogP contribution in [0.1, 0.15) is 19.8 Å². The van der Waals surface area contributed by atoms with Crippen LogP contribution < -0.4 is 0 Å². The minimum atomic E-state index is -2.98. The van der Waals surface area contributed by atoms with Crippen molar-refractivity contribution in [3.05, 3.63) is 0 Å². The Morgan fingerprint density at radius 1 is 1.20 bits per heavy atom. The molecule has 0 amide bonds. The van der Waals surface area contributed by atoms with E-state index in [0.29, 0.717) is 0 Å². The minimum Gasteiger partial charge on any atom is -0.303 e. The van der Waals surface area contributed by atoms with Gasteiger partial charge in [0.2, 0.25) is 10.0 Å². The van der Waals surface area contributed by atoms with Gasteiger partial charge in [0.15, 0.2) is 0 Å². The highest BCUT2D eigenvalue weighted by Crippen LogP contribution is 2.39. The number of likely N-dealkylation sites (tertiary alicyclic amines) is 1. The smallest absolute Gasteiger partial charge is 0.211 e. The van der Waals surface area contributed by atoms with Crippen molar-refractivity contribution in [1.82, 2.24) is 9.21 Å². The van der Waals surface area contributed by atoms with Gasteiger partial charge < -0.3 is 4.90 Å². The van der Waals surface area contributed by atoms with Gasteiger partial charge in [0.1, 0.15) is 0 Å². The molecule has 2 rings (SSSR count). The minimum absolute atomic E-state index is 0.263. The second-order valence-corrected chi connectivity index (χ2v) is 6.95. The van der Waals surface area contributed by atoms with Gasteiger partial charge in [-0.05, 0) is 31.3 Å². The van der Waals surface area contributed by atoms with Crippen molar-refractivity contribution in [2.24, 2.45) is 5.41 Å². The van der Waals surface area contributed by atoms with E-state index in [4.69, 9.17) is 0 Å². The van der Waals surface area contributed by atoms with Crippen molar-refractivity contribution < 1.29 is 8.42 Å². The summed E-state index contributed by atoms with van der Waals surface area (Å²) < 4.78 is 24.5. The van der Waals surface area contributed by atoms with Gasteiger partial charge in [0.05, 0.1) is 6.26 Å². The van der Waals surface area contributed by atoms with E-state index in [1.165, 1.54) is 6.26 Å². The number of nitrogens with zero attached hydrogens (tertiary/aromatic N) is 2. The fraction of sp³-hybridized carbons (Fsp3) is 1.00. The number of hydrogen-bond donors (Lipinski definition) is 0. The van der Waals surface area contributed by atoms with Crippen LogP contribution in [0, 0.1) is 5.41 Å². The first-order valence-corrected chi connectivity index (χ1v) is 7.47. The summed E-state index contributed by atoms with van der Waals surface area (Å²) in [6.07, 6.45) is 3.52. The molecule has 0 aliphatic carbocycles. The lowest BCUT2D eigenvalue weighted by Gasteiger charge is -2.23. The third kappa shape index (κ3) is 2.19. The van der Waals surface area contributed by atoms with Gasteiger partial charge in [-0.15, -0.1) is 0 Å². The number of rotatable bonds is 2. The van der Waals surface area contributed by atoms with Crippen LogP contribution in [0.4, 0.5) is 0 Å². The molecule has 0 bridgehead atoms. The van der Waals surface area contributed by atoms with Crippen molar-refractivity contribution in [3.8, 4) is 0 Å². The second kappa shape index (κ2) is 3.71. The monoisotopic (exact) mass is 232 g/mol. The normalized spacial score (nSPS) is 34.3. The van der Waals surface area contributed by atoms with Crippen LogP contribution >= 0.6 is 0 Å². The Kier molecular flexibility index (Phi) is 2.81. The zero-order chi connectivity index (χ0) is 11.1. The highest BCUT2D eigenvalue weighted by atomic mass is 32.2. The molecule has 88 valence electrons. The van der Waals surface area contributed by atoms with Crippen molar-refractivity contribution >= 4 is 10.0 Å². The molecule has 2 aliphatic heterocycles. The third-order valence-corrected chi connectivity index (χ3v) is 5.09. The van der Waals surface area contributed by atoms with Crippen LogP contribution in [0.5, 0.6) is 0 Å². The molecule has 1 atom stereocenters. The zero-order valence-electron chi connectivity index (χ0n) is 9.57. The van der Waals surface area contributed by atoms with Gasteiger partial charge in [0, 0.05) is 19.6 Å². The van der Waals surface area contributed by atoms with Crippen LogP contribution in [0.15, 0.2) is 0 Å². The molecule has 15 heavy (non-hydrogen) atoms. The van der Waals surface area contributed by atoms with Crippen LogP contribution in [0.3, 0.4) is 0 Å². The lowest BCUT2D eigenvalue weighted by atomic mass is 9.87. The van der Waals surface area contributed by atoms with E-state index in [0.717, 1.165) is 45.6 Å². The van der Waals surface area contributed by atoms with Crippen LogP contribution in [0.25, 0.3) is 0 Å². The first kappa shape index (κ1) is 11.4. The number of sulfonamides is 1. The maximum absolute atomic E-state index is 11.4. The van der Waals surface area contributed by atoms with E-state index in [-0.39, 0.29) is 5.41 Å². The quantitative estimate of drug-likeness (QED) is 0.690. The van der Waals surface area contributed by atoms with E-state index >= 15 is 0 Å². The summed E-state index contributed by atoms with van der Waals surface area (Å²) in [5.74, 6) is 0. The van der Waals surface area contributed by atoms with E-state index in [1.807, 2.05) is 0 Å². The lowest BCUT2D eigenvalue weighted by molar-refractivity contribution is 0.274. The summed E-state index contributed by atoms with van der Waals surface area (Å²) in [5, 5.41) is 0. The summed E-state index contributed by atoms with van der Waals surface area (Å²) in [4.78, 5) is 2.42. The van der Waals surface area contributed by atoms with Crippen molar-refractivity contribution in [2.45, 2.75) is 19.8 Å². The van der Waals surface area contributed by atoms with Gasteiger partial charge in [-0.3, -0.25) is 0 Å². The molecule has 1 unspecified atom stereocenters. The van der Waals surface area contributed by atoms with Crippen molar-refractivity contribution in [3.63, 3.8) is 0 Å². The molecule has 0 N–H and O–H groups in total. The van der Waals surface area contributed by atoms with E-state index < -0.39 is 10.0 Å². The standard InChI is InChI=1S/C10H20N2O2S/c1-3-11-6-4-10(8-11)5-7-12(9-10)15(2,13)14/h3-9H2,1-2H3. The Bertz CT molecular complexity index is 341.